The van der Waals surface area contributed by atoms with Crippen molar-refractivity contribution in [2.75, 3.05) is 18.5 Å². The highest BCUT2D eigenvalue weighted by atomic mass is 16.5. The number of hydrogen-bond acceptors (Lipinski definition) is 4. The fourth-order valence-corrected chi connectivity index (χ4v) is 3.38. The third kappa shape index (κ3) is 2.60. The van der Waals surface area contributed by atoms with E-state index in [1.807, 2.05) is 42.3 Å². The summed E-state index contributed by atoms with van der Waals surface area (Å²) in [6.45, 7) is 1.60. The van der Waals surface area contributed by atoms with Crippen LogP contribution in [0, 0.1) is 5.92 Å². The smallest absolute Gasteiger partial charge is 0.326 e. The molecule has 1 aliphatic heterocycles. The van der Waals surface area contributed by atoms with Crippen molar-refractivity contribution in [3.63, 3.8) is 0 Å². The molecular weight excluding hydrogens is 306 g/mol. The summed E-state index contributed by atoms with van der Waals surface area (Å²) in [5.41, 5.74) is 3.80. The van der Waals surface area contributed by atoms with Gasteiger partial charge < -0.3 is 15.0 Å². The zero-order chi connectivity index (χ0) is 16.7. The summed E-state index contributed by atoms with van der Waals surface area (Å²) in [6, 6.07) is 5.93. The molecule has 3 aromatic rings. The predicted octanol–water partition coefficient (Wildman–Crippen LogP) is 1.79. The minimum absolute atomic E-state index is 0.0894. The Morgan fingerprint density at radius 3 is 3.08 bits per heavy atom. The van der Waals surface area contributed by atoms with Gasteiger partial charge in [-0.1, -0.05) is 0 Å². The summed E-state index contributed by atoms with van der Waals surface area (Å²) in [5, 5.41) is 7.73. The molecule has 2 N–H and O–H groups in total. The van der Waals surface area contributed by atoms with Crippen molar-refractivity contribution in [3.8, 4) is 0 Å². The third-order valence-electron chi connectivity index (χ3n) is 4.74. The van der Waals surface area contributed by atoms with Gasteiger partial charge in [-0.15, -0.1) is 0 Å². The van der Waals surface area contributed by atoms with Crippen LogP contribution in [0.25, 0.3) is 11.0 Å². The molecule has 0 bridgehead atoms. The number of nitrogens with zero attached hydrogens (tertiary/aromatic N) is 3. The largest absolute Gasteiger partial charge is 0.385 e. The summed E-state index contributed by atoms with van der Waals surface area (Å²) in [5.74, 6) is 0.403. The molecule has 1 saturated heterocycles. The number of anilines is 1. The van der Waals surface area contributed by atoms with Gasteiger partial charge in [0.25, 0.3) is 0 Å². The number of fused-ring (bicyclic) bond motifs is 1. The lowest BCUT2D eigenvalue weighted by Crippen LogP contribution is -2.17. The molecule has 0 amide bonds. The number of imidazole rings is 1. The lowest BCUT2D eigenvalue weighted by Gasteiger charge is -2.18. The van der Waals surface area contributed by atoms with E-state index >= 15 is 0 Å². The van der Waals surface area contributed by atoms with E-state index in [1.54, 1.807) is 11.6 Å². The predicted molar refractivity (Wildman–Crippen MR) is 92.0 cm³/mol. The first-order valence-electron chi connectivity index (χ1n) is 8.14. The standard InChI is InChI=1S/C17H21N5O2/c1-21-10-12(9-19-21)16-11(5-6-24-16)8-18-13-3-4-14-15(7-13)22(2)17(23)20-14/h3-4,7,9-11,16,18H,5-6,8H2,1-2H3,(H,20,23)/t11-,16+/m1/s1. The molecule has 1 aromatic carbocycles. The number of benzene rings is 1. The summed E-state index contributed by atoms with van der Waals surface area (Å²) in [7, 11) is 3.69. The molecule has 1 aliphatic rings. The van der Waals surface area contributed by atoms with Crippen LogP contribution in [0.1, 0.15) is 18.1 Å². The van der Waals surface area contributed by atoms with Crippen LogP contribution in [0.5, 0.6) is 0 Å². The molecule has 24 heavy (non-hydrogen) atoms. The minimum Gasteiger partial charge on any atom is -0.385 e. The van der Waals surface area contributed by atoms with Gasteiger partial charge >= 0.3 is 5.69 Å². The van der Waals surface area contributed by atoms with Crippen LogP contribution in [0.2, 0.25) is 0 Å². The molecule has 7 nitrogen and oxygen atoms in total. The number of aromatic amines is 1. The number of aromatic nitrogens is 4. The monoisotopic (exact) mass is 327 g/mol. The van der Waals surface area contributed by atoms with Gasteiger partial charge in [-0.2, -0.15) is 5.10 Å². The van der Waals surface area contributed by atoms with Crippen molar-refractivity contribution < 1.29 is 4.74 Å². The van der Waals surface area contributed by atoms with E-state index in [4.69, 9.17) is 4.74 Å². The Morgan fingerprint density at radius 2 is 2.29 bits per heavy atom. The van der Waals surface area contributed by atoms with Crippen LogP contribution < -0.4 is 11.0 Å². The van der Waals surface area contributed by atoms with Gasteiger partial charge in [0.15, 0.2) is 0 Å². The van der Waals surface area contributed by atoms with Gasteiger partial charge in [0.1, 0.15) is 0 Å². The number of rotatable bonds is 4. The molecule has 2 atom stereocenters. The highest BCUT2D eigenvalue weighted by molar-refractivity contribution is 5.79. The molecule has 0 unspecified atom stereocenters. The fraction of sp³-hybridized carbons (Fsp3) is 0.412. The first-order valence-corrected chi connectivity index (χ1v) is 8.14. The normalized spacial score (nSPS) is 20.8. The van der Waals surface area contributed by atoms with Crippen LogP contribution in [-0.4, -0.2) is 32.5 Å². The van der Waals surface area contributed by atoms with E-state index < -0.39 is 0 Å². The zero-order valence-electron chi connectivity index (χ0n) is 13.8. The average molecular weight is 327 g/mol. The number of H-pyrrole nitrogens is 1. The SMILES string of the molecule is Cn1cc([C@H]2OCC[C@@H]2CNc2ccc3[nH]c(=O)n(C)c3c2)cn1. The lowest BCUT2D eigenvalue weighted by atomic mass is 9.97. The van der Waals surface area contributed by atoms with Crippen molar-refractivity contribution in [2.24, 2.45) is 20.0 Å². The topological polar surface area (TPSA) is 76.9 Å². The van der Waals surface area contributed by atoms with E-state index in [0.29, 0.717) is 5.92 Å². The molecule has 126 valence electrons. The van der Waals surface area contributed by atoms with Crippen molar-refractivity contribution in [1.29, 1.82) is 0 Å². The van der Waals surface area contributed by atoms with Crippen LogP contribution in [0.3, 0.4) is 0 Å². The quantitative estimate of drug-likeness (QED) is 0.766. The average Bonchev–Trinajstić information content (AvgIpc) is 3.26. The summed E-state index contributed by atoms with van der Waals surface area (Å²) < 4.78 is 9.33. The summed E-state index contributed by atoms with van der Waals surface area (Å²) in [6.07, 6.45) is 5.01. The molecule has 2 aromatic heterocycles. The van der Waals surface area contributed by atoms with Crippen LogP contribution >= 0.6 is 0 Å². The maximum absolute atomic E-state index is 11.7. The molecule has 0 radical (unpaired) electrons. The third-order valence-corrected chi connectivity index (χ3v) is 4.74. The molecule has 3 heterocycles. The van der Waals surface area contributed by atoms with E-state index in [2.05, 4.69) is 15.4 Å². The Kier molecular flexibility index (Phi) is 3.65. The van der Waals surface area contributed by atoms with E-state index in [0.717, 1.165) is 41.9 Å². The highest BCUT2D eigenvalue weighted by Gasteiger charge is 2.30. The second kappa shape index (κ2) is 5.83. The molecule has 4 rings (SSSR count). The van der Waals surface area contributed by atoms with E-state index in [-0.39, 0.29) is 11.8 Å². The van der Waals surface area contributed by atoms with Gasteiger partial charge in [0.2, 0.25) is 0 Å². The first kappa shape index (κ1) is 15.0. The van der Waals surface area contributed by atoms with E-state index in [1.165, 1.54) is 0 Å². The summed E-state index contributed by atoms with van der Waals surface area (Å²) >= 11 is 0. The molecular formula is C17H21N5O2. The van der Waals surface area contributed by atoms with Gasteiger partial charge in [-0.3, -0.25) is 9.25 Å². The lowest BCUT2D eigenvalue weighted by molar-refractivity contribution is 0.0932. The van der Waals surface area contributed by atoms with Gasteiger partial charge in [0, 0.05) is 50.6 Å². The molecule has 0 spiro atoms. The second-order valence-corrected chi connectivity index (χ2v) is 6.39. The maximum atomic E-state index is 11.7. The Morgan fingerprint density at radius 1 is 1.42 bits per heavy atom. The molecule has 1 fully saturated rings. The van der Waals surface area contributed by atoms with Gasteiger partial charge in [-0.05, 0) is 24.6 Å². The van der Waals surface area contributed by atoms with Gasteiger partial charge in [0.05, 0.1) is 23.3 Å². The molecule has 7 heteroatoms. The Bertz CT molecular complexity index is 923. The van der Waals surface area contributed by atoms with Crippen LogP contribution in [-0.2, 0) is 18.8 Å². The summed E-state index contributed by atoms with van der Waals surface area (Å²) in [4.78, 5) is 14.5. The van der Waals surface area contributed by atoms with Gasteiger partial charge in [-0.25, -0.2) is 4.79 Å². The Labute approximate surface area is 139 Å². The number of ether oxygens (including phenoxy) is 1. The fourth-order valence-electron chi connectivity index (χ4n) is 3.38. The number of nitrogens with one attached hydrogen (secondary N) is 2. The second-order valence-electron chi connectivity index (χ2n) is 6.39. The molecule has 0 aliphatic carbocycles. The van der Waals surface area contributed by atoms with Crippen molar-refractivity contribution in [3.05, 3.63) is 46.6 Å². The van der Waals surface area contributed by atoms with Crippen molar-refractivity contribution >= 4 is 16.7 Å². The van der Waals surface area contributed by atoms with Crippen molar-refractivity contribution in [1.82, 2.24) is 19.3 Å². The first-order chi connectivity index (χ1) is 11.6. The number of hydrogen-bond donors (Lipinski definition) is 2. The van der Waals surface area contributed by atoms with Crippen molar-refractivity contribution in [2.45, 2.75) is 12.5 Å². The highest BCUT2D eigenvalue weighted by Crippen LogP contribution is 2.34. The van der Waals surface area contributed by atoms with Crippen LogP contribution in [0.4, 0.5) is 5.69 Å². The Balaban J connectivity index is 1.49. The minimum atomic E-state index is -0.0945. The number of aryl methyl sites for hydroxylation is 2. The maximum Gasteiger partial charge on any atom is 0.326 e. The van der Waals surface area contributed by atoms with E-state index in [9.17, 15) is 4.79 Å². The molecule has 0 saturated carbocycles. The Hall–Kier alpha value is -2.54. The zero-order valence-corrected chi connectivity index (χ0v) is 13.8. The van der Waals surface area contributed by atoms with Crippen LogP contribution in [0.15, 0.2) is 35.4 Å².